The van der Waals surface area contributed by atoms with Gasteiger partial charge >= 0.3 is 0 Å². The Kier molecular flexibility index (Phi) is 5.52. The van der Waals surface area contributed by atoms with Crippen LogP contribution in [-0.4, -0.2) is 24.1 Å². The molecule has 1 aromatic carbocycles. The molecule has 0 spiro atoms. The van der Waals surface area contributed by atoms with E-state index in [0.717, 1.165) is 11.3 Å². The molecule has 2 rings (SSSR count). The fraction of sp³-hybridized carbons (Fsp3) is 0.286. The van der Waals surface area contributed by atoms with E-state index < -0.39 is 0 Å². The number of nitrogens with one attached hydrogen (secondary N) is 1. The van der Waals surface area contributed by atoms with E-state index in [0.29, 0.717) is 18.3 Å². The number of benzene rings is 1. The van der Waals surface area contributed by atoms with Gasteiger partial charge in [0.25, 0.3) is 5.19 Å². The zero-order valence-electron chi connectivity index (χ0n) is 11.2. The second-order valence-corrected chi connectivity index (χ2v) is 4.81. The summed E-state index contributed by atoms with van der Waals surface area (Å²) < 4.78 is 10.6. The summed E-state index contributed by atoms with van der Waals surface area (Å²) in [6.07, 6.45) is 1.70. The molecule has 6 heteroatoms. The van der Waals surface area contributed by atoms with Crippen molar-refractivity contribution < 1.29 is 14.3 Å². The highest BCUT2D eigenvalue weighted by atomic mass is 32.1. The minimum Gasteiger partial charge on any atom is -0.431 e. The summed E-state index contributed by atoms with van der Waals surface area (Å²) >= 11 is 1.44. The van der Waals surface area contributed by atoms with Crippen LogP contribution in [0.3, 0.4) is 0 Å². The van der Waals surface area contributed by atoms with Crippen molar-refractivity contribution in [3.05, 3.63) is 41.4 Å². The Morgan fingerprint density at radius 2 is 2.15 bits per heavy atom. The van der Waals surface area contributed by atoms with Crippen LogP contribution in [0.25, 0.3) is 0 Å². The first-order chi connectivity index (χ1) is 9.78. The van der Waals surface area contributed by atoms with Crippen molar-refractivity contribution in [3.8, 4) is 10.9 Å². The maximum absolute atomic E-state index is 11.4. The van der Waals surface area contributed by atoms with Crippen LogP contribution in [-0.2, 0) is 16.1 Å². The number of ether oxygens (including phenoxy) is 2. The van der Waals surface area contributed by atoms with Crippen LogP contribution in [0.2, 0.25) is 0 Å². The van der Waals surface area contributed by atoms with Gasteiger partial charge in [0.2, 0.25) is 5.91 Å². The minimum absolute atomic E-state index is 0.0990. The summed E-state index contributed by atoms with van der Waals surface area (Å²) in [5, 5.41) is 5.26. The standard InChI is InChI=1S/C14H16N2O3S/c1-2-18-10-13(17)16-9-11-3-5-12(6-4-11)19-14-15-7-8-20-14/h3-8H,2,9-10H2,1H3,(H,16,17). The number of carbonyl (C=O) groups excluding carboxylic acids is 1. The normalized spacial score (nSPS) is 10.2. The highest BCUT2D eigenvalue weighted by Crippen LogP contribution is 2.23. The van der Waals surface area contributed by atoms with Gasteiger partial charge in [-0.3, -0.25) is 4.79 Å². The molecular weight excluding hydrogens is 276 g/mol. The second kappa shape index (κ2) is 7.62. The average Bonchev–Trinajstić information content (AvgIpc) is 2.97. The van der Waals surface area contributed by atoms with Crippen molar-refractivity contribution in [3.63, 3.8) is 0 Å². The number of hydrogen-bond donors (Lipinski definition) is 1. The minimum atomic E-state index is -0.116. The van der Waals surface area contributed by atoms with Crippen LogP contribution < -0.4 is 10.1 Å². The van der Waals surface area contributed by atoms with Crippen molar-refractivity contribution in [2.24, 2.45) is 0 Å². The zero-order chi connectivity index (χ0) is 14.2. The third kappa shape index (κ3) is 4.64. The molecular formula is C14H16N2O3S. The molecule has 0 aliphatic carbocycles. The van der Waals surface area contributed by atoms with Gasteiger partial charge in [-0.25, -0.2) is 4.98 Å². The van der Waals surface area contributed by atoms with Gasteiger partial charge in [0, 0.05) is 24.7 Å². The van der Waals surface area contributed by atoms with Crippen LogP contribution in [0.15, 0.2) is 35.8 Å². The Hall–Kier alpha value is -1.92. The van der Waals surface area contributed by atoms with E-state index in [2.05, 4.69) is 10.3 Å². The first kappa shape index (κ1) is 14.5. The zero-order valence-corrected chi connectivity index (χ0v) is 12.0. The van der Waals surface area contributed by atoms with E-state index in [-0.39, 0.29) is 12.5 Å². The van der Waals surface area contributed by atoms with Crippen LogP contribution in [0.5, 0.6) is 10.9 Å². The largest absolute Gasteiger partial charge is 0.431 e. The Labute approximate surface area is 121 Å². The Morgan fingerprint density at radius 3 is 2.80 bits per heavy atom. The van der Waals surface area contributed by atoms with Crippen LogP contribution >= 0.6 is 11.3 Å². The van der Waals surface area contributed by atoms with E-state index in [1.54, 1.807) is 6.20 Å². The molecule has 0 fully saturated rings. The molecule has 20 heavy (non-hydrogen) atoms. The smallest absolute Gasteiger partial charge is 0.278 e. The third-order valence-corrected chi connectivity index (χ3v) is 3.11. The van der Waals surface area contributed by atoms with Gasteiger partial charge in [-0.15, -0.1) is 0 Å². The predicted octanol–water partition coefficient (Wildman–Crippen LogP) is 2.59. The number of amides is 1. The highest BCUT2D eigenvalue weighted by Gasteiger charge is 2.02. The molecule has 0 atom stereocenters. The predicted molar refractivity (Wildman–Crippen MR) is 77.0 cm³/mol. The second-order valence-electron chi connectivity index (χ2n) is 3.96. The molecule has 0 saturated heterocycles. The van der Waals surface area contributed by atoms with E-state index in [9.17, 15) is 4.79 Å². The van der Waals surface area contributed by atoms with E-state index in [4.69, 9.17) is 9.47 Å². The first-order valence-electron chi connectivity index (χ1n) is 6.28. The van der Waals surface area contributed by atoms with Crippen molar-refractivity contribution in [1.29, 1.82) is 0 Å². The van der Waals surface area contributed by atoms with E-state index in [1.165, 1.54) is 11.3 Å². The average molecular weight is 292 g/mol. The molecule has 106 valence electrons. The van der Waals surface area contributed by atoms with Crippen LogP contribution in [0.4, 0.5) is 0 Å². The van der Waals surface area contributed by atoms with Crippen molar-refractivity contribution >= 4 is 17.2 Å². The van der Waals surface area contributed by atoms with Gasteiger partial charge < -0.3 is 14.8 Å². The number of hydrogen-bond acceptors (Lipinski definition) is 5. The number of nitrogens with zero attached hydrogens (tertiary/aromatic N) is 1. The number of thiazole rings is 1. The molecule has 1 aromatic heterocycles. The fourth-order valence-corrected chi connectivity index (χ4v) is 1.99. The van der Waals surface area contributed by atoms with E-state index in [1.807, 2.05) is 36.6 Å². The fourth-order valence-electron chi connectivity index (χ4n) is 1.48. The maximum Gasteiger partial charge on any atom is 0.278 e. The Bertz CT molecular complexity index is 526. The molecule has 0 aliphatic rings. The van der Waals surface area contributed by atoms with Gasteiger partial charge in [0.1, 0.15) is 12.4 Å². The van der Waals surface area contributed by atoms with E-state index >= 15 is 0 Å². The quantitative estimate of drug-likeness (QED) is 0.852. The maximum atomic E-state index is 11.4. The Balaban J connectivity index is 1.81. The highest BCUT2D eigenvalue weighted by molar-refractivity contribution is 7.11. The molecule has 0 aliphatic heterocycles. The molecule has 1 N–H and O–H groups in total. The first-order valence-corrected chi connectivity index (χ1v) is 7.16. The molecule has 0 radical (unpaired) electrons. The molecule has 0 unspecified atom stereocenters. The lowest BCUT2D eigenvalue weighted by molar-refractivity contribution is -0.125. The van der Waals surface area contributed by atoms with Gasteiger partial charge in [0.05, 0.1) is 0 Å². The van der Waals surface area contributed by atoms with Crippen molar-refractivity contribution in [2.75, 3.05) is 13.2 Å². The van der Waals surface area contributed by atoms with Gasteiger partial charge in [-0.2, -0.15) is 0 Å². The summed E-state index contributed by atoms with van der Waals surface area (Å²) in [5.41, 5.74) is 1.00. The summed E-state index contributed by atoms with van der Waals surface area (Å²) in [6.45, 7) is 2.97. The third-order valence-electron chi connectivity index (χ3n) is 2.47. The van der Waals surface area contributed by atoms with Gasteiger partial charge in [0.15, 0.2) is 0 Å². The topological polar surface area (TPSA) is 60.5 Å². The molecule has 1 amide bonds. The monoisotopic (exact) mass is 292 g/mol. The van der Waals surface area contributed by atoms with Crippen LogP contribution in [0.1, 0.15) is 12.5 Å². The molecule has 0 bridgehead atoms. The number of carbonyl (C=O) groups is 1. The number of rotatable bonds is 7. The molecule has 1 heterocycles. The van der Waals surface area contributed by atoms with Gasteiger partial charge in [-0.1, -0.05) is 23.5 Å². The SMILES string of the molecule is CCOCC(=O)NCc1ccc(Oc2nccs2)cc1. The lowest BCUT2D eigenvalue weighted by atomic mass is 10.2. The van der Waals surface area contributed by atoms with Crippen LogP contribution in [0, 0.1) is 0 Å². The summed E-state index contributed by atoms with van der Waals surface area (Å²) in [5.74, 6) is 0.610. The summed E-state index contributed by atoms with van der Waals surface area (Å²) in [7, 11) is 0. The molecule has 0 saturated carbocycles. The summed E-state index contributed by atoms with van der Waals surface area (Å²) in [4.78, 5) is 15.4. The molecule has 2 aromatic rings. The lowest BCUT2D eigenvalue weighted by Crippen LogP contribution is -2.27. The van der Waals surface area contributed by atoms with Crippen molar-refractivity contribution in [1.82, 2.24) is 10.3 Å². The Morgan fingerprint density at radius 1 is 1.35 bits per heavy atom. The summed E-state index contributed by atoms with van der Waals surface area (Å²) in [6, 6.07) is 7.52. The lowest BCUT2D eigenvalue weighted by Gasteiger charge is -2.06. The number of aromatic nitrogens is 1. The van der Waals surface area contributed by atoms with Gasteiger partial charge in [-0.05, 0) is 24.6 Å². The van der Waals surface area contributed by atoms with Crippen molar-refractivity contribution in [2.45, 2.75) is 13.5 Å². The molecule has 5 nitrogen and oxygen atoms in total.